The Labute approximate surface area is 130 Å². The largest absolute Gasteiger partial charge is 0.481 e. The maximum atomic E-state index is 12.9. The van der Waals surface area contributed by atoms with Crippen molar-refractivity contribution in [1.29, 1.82) is 0 Å². The van der Waals surface area contributed by atoms with Crippen LogP contribution in [0.5, 0.6) is 0 Å². The first kappa shape index (κ1) is 15.5. The predicted octanol–water partition coefficient (Wildman–Crippen LogP) is 0.906. The molecule has 1 saturated heterocycles. The van der Waals surface area contributed by atoms with E-state index in [0.29, 0.717) is 25.9 Å². The molecule has 22 heavy (non-hydrogen) atoms. The second kappa shape index (κ2) is 5.68. The van der Waals surface area contributed by atoms with Crippen LogP contribution in [0.1, 0.15) is 31.5 Å². The van der Waals surface area contributed by atoms with Gasteiger partial charge in [0, 0.05) is 38.1 Å². The van der Waals surface area contributed by atoms with Gasteiger partial charge in [-0.05, 0) is 31.9 Å². The molecule has 0 aromatic carbocycles. The van der Waals surface area contributed by atoms with Crippen molar-refractivity contribution in [2.24, 2.45) is 5.92 Å². The molecule has 0 amide bonds. The monoisotopic (exact) mass is 327 g/mol. The van der Waals surface area contributed by atoms with Gasteiger partial charge >= 0.3 is 5.97 Å². The Morgan fingerprint density at radius 3 is 2.55 bits per heavy atom. The Balaban J connectivity index is 1.76. The van der Waals surface area contributed by atoms with Gasteiger partial charge in [0.25, 0.3) is 10.2 Å². The number of aromatic nitrogens is 1. The molecule has 7 nitrogen and oxygen atoms in total. The van der Waals surface area contributed by atoms with Crippen molar-refractivity contribution < 1.29 is 18.3 Å². The van der Waals surface area contributed by atoms with Gasteiger partial charge in [0.05, 0.1) is 12.0 Å². The van der Waals surface area contributed by atoms with Gasteiger partial charge in [-0.15, -0.1) is 0 Å². The molecule has 0 spiro atoms. The Kier molecular flexibility index (Phi) is 4.00. The average Bonchev–Trinajstić information content (AvgIpc) is 2.97. The van der Waals surface area contributed by atoms with E-state index in [0.717, 1.165) is 5.69 Å². The molecule has 1 atom stereocenters. The first-order chi connectivity index (χ1) is 10.4. The van der Waals surface area contributed by atoms with Crippen molar-refractivity contribution in [1.82, 2.24) is 13.2 Å². The van der Waals surface area contributed by atoms with Gasteiger partial charge in [-0.25, -0.2) is 0 Å². The zero-order valence-electron chi connectivity index (χ0n) is 12.6. The van der Waals surface area contributed by atoms with Crippen LogP contribution in [0.3, 0.4) is 0 Å². The van der Waals surface area contributed by atoms with Gasteiger partial charge in [0.15, 0.2) is 0 Å². The van der Waals surface area contributed by atoms with Crippen LogP contribution < -0.4 is 0 Å². The van der Waals surface area contributed by atoms with E-state index in [-0.39, 0.29) is 19.1 Å². The highest BCUT2D eigenvalue weighted by atomic mass is 32.2. The first-order valence-corrected chi connectivity index (χ1v) is 8.95. The molecular weight excluding hydrogens is 306 g/mol. The van der Waals surface area contributed by atoms with E-state index in [2.05, 4.69) is 4.57 Å². The zero-order chi connectivity index (χ0) is 15.9. The lowest BCUT2D eigenvalue weighted by atomic mass is 9.99. The first-order valence-electron chi connectivity index (χ1n) is 7.56. The van der Waals surface area contributed by atoms with E-state index < -0.39 is 22.1 Å². The second-order valence-corrected chi connectivity index (χ2v) is 7.81. The number of carbonyl (C=O) groups is 1. The van der Waals surface area contributed by atoms with E-state index >= 15 is 0 Å². The van der Waals surface area contributed by atoms with Crippen LogP contribution in [-0.2, 0) is 21.5 Å². The molecule has 1 unspecified atom stereocenters. The van der Waals surface area contributed by atoms with Crippen molar-refractivity contribution >= 4 is 16.2 Å². The minimum Gasteiger partial charge on any atom is -0.481 e. The lowest BCUT2D eigenvalue weighted by molar-refractivity contribution is -0.142. The third kappa shape index (κ3) is 2.55. The van der Waals surface area contributed by atoms with Crippen LogP contribution in [-0.4, -0.2) is 52.3 Å². The van der Waals surface area contributed by atoms with Gasteiger partial charge in [0.1, 0.15) is 0 Å². The summed E-state index contributed by atoms with van der Waals surface area (Å²) in [4.78, 5) is 11.0. The fourth-order valence-corrected chi connectivity index (χ4v) is 5.14. The Bertz CT molecular complexity index is 661. The molecule has 3 rings (SSSR count). The molecule has 0 radical (unpaired) electrons. The molecule has 8 heteroatoms. The lowest BCUT2D eigenvalue weighted by Crippen LogP contribution is -2.51. The van der Waals surface area contributed by atoms with Crippen LogP contribution in [0.25, 0.3) is 0 Å². The number of nitrogens with zero attached hydrogens (tertiary/aromatic N) is 3. The van der Waals surface area contributed by atoms with Gasteiger partial charge in [-0.1, -0.05) is 0 Å². The molecule has 0 aliphatic carbocycles. The van der Waals surface area contributed by atoms with E-state index in [1.165, 1.54) is 8.61 Å². The summed E-state index contributed by atoms with van der Waals surface area (Å²) in [5, 5.41) is 9.02. The minimum absolute atomic E-state index is 0.203. The zero-order valence-corrected chi connectivity index (χ0v) is 13.4. The number of carboxylic acid groups (broad SMARTS) is 1. The van der Waals surface area contributed by atoms with Gasteiger partial charge < -0.3 is 9.67 Å². The van der Waals surface area contributed by atoms with E-state index in [1.807, 2.05) is 25.3 Å². The van der Waals surface area contributed by atoms with E-state index in [9.17, 15) is 13.2 Å². The van der Waals surface area contributed by atoms with Crippen LogP contribution in [0.4, 0.5) is 0 Å². The van der Waals surface area contributed by atoms with Crippen LogP contribution >= 0.6 is 0 Å². The summed E-state index contributed by atoms with van der Waals surface area (Å²) in [5.74, 6) is -1.26. The molecule has 0 saturated carbocycles. The highest BCUT2D eigenvalue weighted by Crippen LogP contribution is 2.31. The summed E-state index contributed by atoms with van der Waals surface area (Å²) in [7, 11) is -3.54. The summed E-state index contributed by atoms with van der Waals surface area (Å²) in [6.45, 7) is 3.56. The molecule has 1 aromatic rings. The number of carboxylic acids is 1. The van der Waals surface area contributed by atoms with Gasteiger partial charge in [-0.2, -0.15) is 17.0 Å². The van der Waals surface area contributed by atoms with E-state index in [1.54, 1.807) is 0 Å². The summed E-state index contributed by atoms with van der Waals surface area (Å²) in [6, 6.07) is 3.68. The van der Waals surface area contributed by atoms with Crippen LogP contribution in [0, 0.1) is 5.92 Å². The molecule has 2 aliphatic heterocycles. The van der Waals surface area contributed by atoms with Crippen molar-refractivity contribution in [3.05, 3.63) is 24.0 Å². The molecule has 122 valence electrons. The normalized spacial score (nSPS) is 25.0. The quantitative estimate of drug-likeness (QED) is 0.894. The number of aliphatic carboxylic acids is 1. The highest BCUT2D eigenvalue weighted by Gasteiger charge is 2.39. The average molecular weight is 327 g/mol. The maximum Gasteiger partial charge on any atom is 0.306 e. The number of hydrogen-bond donors (Lipinski definition) is 1. The maximum absolute atomic E-state index is 12.9. The second-order valence-electron chi connectivity index (χ2n) is 5.93. The summed E-state index contributed by atoms with van der Waals surface area (Å²) >= 11 is 0. The Morgan fingerprint density at radius 1 is 1.23 bits per heavy atom. The number of piperidine rings is 1. The summed E-state index contributed by atoms with van der Waals surface area (Å²) in [6.07, 6.45) is 2.73. The van der Waals surface area contributed by atoms with Crippen molar-refractivity contribution in [3.63, 3.8) is 0 Å². The standard InChI is InChI=1S/C14H21N3O4S/c1-11-13-3-2-6-15(13)9-10-17(11)22(20,21)16-7-4-12(5-8-16)14(18)19/h2-3,6,11-12H,4-5,7-10H2,1H3,(H,18,19). The molecule has 1 N–H and O–H groups in total. The molecule has 2 aliphatic rings. The van der Waals surface area contributed by atoms with Gasteiger partial charge in [0.2, 0.25) is 0 Å². The highest BCUT2D eigenvalue weighted by molar-refractivity contribution is 7.86. The third-order valence-corrected chi connectivity index (χ3v) is 6.82. The van der Waals surface area contributed by atoms with Crippen LogP contribution in [0.15, 0.2) is 18.3 Å². The number of fused-ring (bicyclic) bond motifs is 1. The number of hydrogen-bond acceptors (Lipinski definition) is 3. The number of rotatable bonds is 3. The molecule has 1 aromatic heterocycles. The Hall–Kier alpha value is -1.38. The van der Waals surface area contributed by atoms with Crippen molar-refractivity contribution in [2.45, 2.75) is 32.4 Å². The molecule has 1 fully saturated rings. The van der Waals surface area contributed by atoms with E-state index in [4.69, 9.17) is 5.11 Å². The molecule has 0 bridgehead atoms. The van der Waals surface area contributed by atoms with Crippen molar-refractivity contribution in [2.75, 3.05) is 19.6 Å². The predicted molar refractivity (Wildman–Crippen MR) is 80.4 cm³/mol. The smallest absolute Gasteiger partial charge is 0.306 e. The fourth-order valence-electron chi connectivity index (χ4n) is 3.35. The SMILES string of the molecule is CC1c2cccn2CCN1S(=O)(=O)N1CCC(C(=O)O)CC1. The lowest BCUT2D eigenvalue weighted by Gasteiger charge is -2.39. The van der Waals surface area contributed by atoms with Crippen LogP contribution in [0.2, 0.25) is 0 Å². The molecular formula is C14H21N3O4S. The molecule has 3 heterocycles. The third-order valence-electron chi connectivity index (χ3n) is 4.71. The van der Waals surface area contributed by atoms with Gasteiger partial charge in [-0.3, -0.25) is 4.79 Å². The Morgan fingerprint density at radius 2 is 1.91 bits per heavy atom. The minimum atomic E-state index is -3.54. The summed E-state index contributed by atoms with van der Waals surface area (Å²) < 4.78 is 30.7. The fraction of sp³-hybridized carbons (Fsp3) is 0.643. The summed E-state index contributed by atoms with van der Waals surface area (Å²) in [5.41, 5.74) is 0.996. The van der Waals surface area contributed by atoms with Crippen molar-refractivity contribution in [3.8, 4) is 0 Å². The topological polar surface area (TPSA) is 82.9 Å².